The maximum Gasteiger partial charge on any atom is 0.416 e. The van der Waals surface area contributed by atoms with Gasteiger partial charge in [-0.1, -0.05) is 40.2 Å². The van der Waals surface area contributed by atoms with Crippen LogP contribution in [-0.4, -0.2) is 28.3 Å². The second kappa shape index (κ2) is 11.0. The average molecular weight is 572 g/mol. The van der Waals surface area contributed by atoms with Crippen LogP contribution in [0.5, 0.6) is 0 Å². The van der Waals surface area contributed by atoms with Gasteiger partial charge in [0.05, 0.1) is 23.6 Å². The van der Waals surface area contributed by atoms with E-state index in [1.165, 1.54) is 12.1 Å². The van der Waals surface area contributed by atoms with Gasteiger partial charge in [-0.15, -0.1) is 0 Å². The molecule has 10 heteroatoms. The summed E-state index contributed by atoms with van der Waals surface area (Å²) >= 11 is 3.41. The van der Waals surface area contributed by atoms with Crippen molar-refractivity contribution in [1.29, 1.82) is 0 Å². The van der Waals surface area contributed by atoms with Gasteiger partial charge in [-0.25, -0.2) is 9.48 Å². The fourth-order valence-electron chi connectivity index (χ4n) is 3.56. The predicted molar refractivity (Wildman–Crippen MR) is 135 cm³/mol. The molecular formula is C27H21BrF3N3O3. The molecule has 37 heavy (non-hydrogen) atoms. The van der Waals surface area contributed by atoms with Crippen molar-refractivity contribution in [3.63, 3.8) is 0 Å². The van der Waals surface area contributed by atoms with Crippen LogP contribution in [0.4, 0.5) is 13.2 Å². The Morgan fingerprint density at radius 1 is 0.973 bits per heavy atom. The van der Waals surface area contributed by atoms with Gasteiger partial charge in [0.2, 0.25) is 0 Å². The molecule has 1 N–H and O–H groups in total. The number of hydrogen-bond acceptors (Lipinski definition) is 4. The van der Waals surface area contributed by atoms with Crippen LogP contribution >= 0.6 is 15.9 Å². The highest BCUT2D eigenvalue weighted by Gasteiger charge is 2.29. The highest BCUT2D eigenvalue weighted by Crippen LogP contribution is 2.29. The predicted octanol–water partition coefficient (Wildman–Crippen LogP) is 6.43. The second-order valence-corrected chi connectivity index (χ2v) is 8.89. The molecular weight excluding hydrogens is 551 g/mol. The Hall–Kier alpha value is -3.92. The van der Waals surface area contributed by atoms with E-state index in [2.05, 4.69) is 26.3 Å². The van der Waals surface area contributed by atoms with Crippen molar-refractivity contribution in [2.45, 2.75) is 19.6 Å². The van der Waals surface area contributed by atoms with E-state index < -0.39 is 17.7 Å². The summed E-state index contributed by atoms with van der Waals surface area (Å²) < 4.78 is 45.8. The van der Waals surface area contributed by atoms with Crippen LogP contribution in [0.2, 0.25) is 0 Å². The topological polar surface area (TPSA) is 73.2 Å². The monoisotopic (exact) mass is 571 g/mol. The quantitative estimate of drug-likeness (QED) is 0.259. The molecule has 0 unspecified atom stereocenters. The molecule has 0 fully saturated rings. The van der Waals surface area contributed by atoms with Gasteiger partial charge in [0.15, 0.2) is 5.69 Å². The van der Waals surface area contributed by atoms with Crippen LogP contribution in [0.3, 0.4) is 0 Å². The number of rotatable bonds is 7. The summed E-state index contributed by atoms with van der Waals surface area (Å²) in [7, 11) is 0. The zero-order valence-corrected chi connectivity index (χ0v) is 21.1. The van der Waals surface area contributed by atoms with E-state index in [1.807, 2.05) is 24.3 Å². The Balaban J connectivity index is 1.53. The van der Waals surface area contributed by atoms with Gasteiger partial charge < -0.3 is 10.1 Å². The van der Waals surface area contributed by atoms with E-state index in [4.69, 9.17) is 4.74 Å². The summed E-state index contributed by atoms with van der Waals surface area (Å²) in [6.45, 7) is 2.01. The number of carbonyl (C=O) groups is 2. The van der Waals surface area contributed by atoms with Crippen LogP contribution in [-0.2, 0) is 17.5 Å². The number of hydrogen-bond donors (Lipinski definition) is 1. The van der Waals surface area contributed by atoms with Crippen molar-refractivity contribution in [2.75, 3.05) is 6.61 Å². The molecule has 3 aromatic carbocycles. The number of carbonyl (C=O) groups excluding carboxylic acids is 2. The van der Waals surface area contributed by atoms with E-state index in [-0.39, 0.29) is 24.8 Å². The van der Waals surface area contributed by atoms with Crippen LogP contribution in [0.1, 0.15) is 38.9 Å². The number of nitrogens with one attached hydrogen (secondary N) is 1. The summed E-state index contributed by atoms with van der Waals surface area (Å²) in [4.78, 5) is 24.9. The molecule has 0 radical (unpaired) electrons. The van der Waals surface area contributed by atoms with Gasteiger partial charge in [-0.3, -0.25) is 4.79 Å². The molecule has 0 spiro atoms. The average Bonchev–Trinajstić information content (AvgIpc) is 3.33. The SMILES string of the molecule is CCOC(=O)c1cc(-c2ccc(Br)cc2)n(-c2ccc(C(=O)NCc3ccc(C(F)(F)F)cc3)cc2)n1. The van der Waals surface area contributed by atoms with E-state index in [9.17, 15) is 22.8 Å². The summed E-state index contributed by atoms with van der Waals surface area (Å²) in [5.41, 5.74) is 2.41. The smallest absolute Gasteiger partial charge is 0.416 e. The Labute approximate surface area is 219 Å². The summed E-state index contributed by atoms with van der Waals surface area (Å²) in [5.74, 6) is -0.925. The summed E-state index contributed by atoms with van der Waals surface area (Å²) in [5, 5.41) is 7.12. The van der Waals surface area contributed by atoms with E-state index in [0.717, 1.165) is 22.2 Å². The molecule has 6 nitrogen and oxygen atoms in total. The van der Waals surface area contributed by atoms with E-state index in [1.54, 1.807) is 41.9 Å². The van der Waals surface area contributed by atoms with Gasteiger partial charge in [-0.2, -0.15) is 18.3 Å². The summed E-state index contributed by atoms with van der Waals surface area (Å²) in [6, 6.07) is 20.4. The number of esters is 1. The van der Waals surface area contributed by atoms with Crippen molar-refractivity contribution in [3.05, 3.63) is 106 Å². The third-order valence-corrected chi connectivity index (χ3v) is 5.97. The third-order valence-electron chi connectivity index (χ3n) is 5.44. The standard InChI is InChI=1S/C27H21BrF3N3O3/c1-2-37-26(36)23-15-24(18-5-11-21(28)12-6-18)34(33-23)22-13-7-19(8-14-22)25(35)32-16-17-3-9-20(10-4-17)27(29,30)31/h3-15H,2,16H2,1H3,(H,32,35). The molecule has 1 heterocycles. The van der Waals surface area contributed by atoms with Crippen molar-refractivity contribution in [1.82, 2.24) is 15.1 Å². The Kier molecular flexibility index (Phi) is 7.77. The van der Waals surface area contributed by atoms with Gasteiger partial charge in [0, 0.05) is 22.1 Å². The number of nitrogens with zero attached hydrogens (tertiary/aromatic N) is 2. The molecule has 1 amide bonds. The van der Waals surface area contributed by atoms with E-state index in [0.29, 0.717) is 22.5 Å². The lowest BCUT2D eigenvalue weighted by atomic mass is 10.1. The maximum absolute atomic E-state index is 12.7. The second-order valence-electron chi connectivity index (χ2n) is 7.98. The largest absolute Gasteiger partial charge is 0.461 e. The first-order valence-electron chi connectivity index (χ1n) is 11.2. The third kappa shape index (κ3) is 6.26. The lowest BCUT2D eigenvalue weighted by molar-refractivity contribution is -0.137. The minimum Gasteiger partial charge on any atom is -0.461 e. The zero-order valence-electron chi connectivity index (χ0n) is 19.6. The summed E-state index contributed by atoms with van der Waals surface area (Å²) in [6.07, 6.45) is -4.41. The number of alkyl halides is 3. The molecule has 0 saturated carbocycles. The van der Waals surface area contributed by atoms with Crippen LogP contribution in [0.25, 0.3) is 16.9 Å². The highest BCUT2D eigenvalue weighted by atomic mass is 79.9. The fraction of sp³-hybridized carbons (Fsp3) is 0.148. The Morgan fingerprint density at radius 3 is 2.22 bits per heavy atom. The maximum atomic E-state index is 12.7. The first kappa shape index (κ1) is 26.2. The Morgan fingerprint density at radius 2 is 1.62 bits per heavy atom. The van der Waals surface area contributed by atoms with Crippen molar-refractivity contribution >= 4 is 27.8 Å². The highest BCUT2D eigenvalue weighted by molar-refractivity contribution is 9.10. The molecule has 0 aliphatic rings. The zero-order chi connectivity index (χ0) is 26.6. The van der Waals surface area contributed by atoms with Gasteiger partial charge in [0.1, 0.15) is 0 Å². The van der Waals surface area contributed by atoms with Crippen LogP contribution < -0.4 is 5.32 Å². The first-order chi connectivity index (χ1) is 17.7. The molecule has 190 valence electrons. The number of ether oxygens (including phenoxy) is 1. The molecule has 4 rings (SSSR count). The number of amides is 1. The molecule has 0 aliphatic heterocycles. The molecule has 0 saturated heterocycles. The van der Waals surface area contributed by atoms with E-state index >= 15 is 0 Å². The van der Waals surface area contributed by atoms with Crippen LogP contribution in [0, 0.1) is 0 Å². The van der Waals surface area contributed by atoms with Crippen LogP contribution in [0.15, 0.2) is 83.3 Å². The fourth-order valence-corrected chi connectivity index (χ4v) is 3.82. The molecule has 0 atom stereocenters. The molecule has 1 aromatic heterocycles. The lowest BCUT2D eigenvalue weighted by Gasteiger charge is -2.10. The number of aromatic nitrogens is 2. The molecule has 0 bridgehead atoms. The van der Waals surface area contributed by atoms with Crippen molar-refractivity contribution in [3.8, 4) is 16.9 Å². The first-order valence-corrected chi connectivity index (χ1v) is 12.0. The van der Waals surface area contributed by atoms with Gasteiger partial charge >= 0.3 is 12.1 Å². The van der Waals surface area contributed by atoms with Crippen molar-refractivity contribution < 1.29 is 27.5 Å². The van der Waals surface area contributed by atoms with Gasteiger partial charge in [0.25, 0.3) is 5.91 Å². The van der Waals surface area contributed by atoms with Crippen molar-refractivity contribution in [2.24, 2.45) is 0 Å². The number of halogens is 4. The lowest BCUT2D eigenvalue weighted by Crippen LogP contribution is -2.22. The minimum atomic E-state index is -4.41. The minimum absolute atomic E-state index is 0.0779. The van der Waals surface area contributed by atoms with Gasteiger partial charge in [-0.05, 0) is 67.1 Å². The molecule has 0 aliphatic carbocycles. The normalized spacial score (nSPS) is 11.3. The molecule has 4 aromatic rings. The number of benzene rings is 3. The Bertz CT molecular complexity index is 1400.